The first-order valence-electron chi connectivity index (χ1n) is 8.59. The molecule has 0 N–H and O–H groups in total. The van der Waals surface area contributed by atoms with Crippen LogP contribution in [0.2, 0.25) is 0 Å². The molecule has 26 heavy (non-hydrogen) atoms. The second-order valence-electron chi connectivity index (χ2n) is 6.42. The first kappa shape index (κ1) is 20.2. The van der Waals surface area contributed by atoms with Crippen LogP contribution < -0.4 is 4.74 Å². The van der Waals surface area contributed by atoms with Gasteiger partial charge in [-0.15, -0.1) is 0 Å². The molecule has 2 rings (SSSR count). The predicted octanol–water partition coefficient (Wildman–Crippen LogP) is 5.25. The number of halogens is 1. The maximum atomic E-state index is 12.6. The highest BCUT2D eigenvalue weighted by atomic mass is 79.9. The number of hydrogen-bond donors (Lipinski definition) is 0. The van der Waals surface area contributed by atoms with Gasteiger partial charge in [-0.1, -0.05) is 6.07 Å². The summed E-state index contributed by atoms with van der Waals surface area (Å²) in [6.45, 7) is 8.85. The Labute approximate surface area is 164 Å². The lowest BCUT2D eigenvalue weighted by molar-refractivity contribution is 0.0920. The molecule has 0 unspecified atom stereocenters. The molecule has 2 aromatic carbocycles. The van der Waals surface area contributed by atoms with Gasteiger partial charge < -0.3 is 9.64 Å². The molecule has 0 spiro atoms. The molecule has 0 saturated heterocycles. The Morgan fingerprint density at radius 3 is 2.62 bits per heavy atom. The maximum absolute atomic E-state index is 12.6. The lowest BCUT2D eigenvalue weighted by Gasteiger charge is -2.12. The van der Waals surface area contributed by atoms with Crippen molar-refractivity contribution in [3.8, 4) is 5.75 Å². The molecule has 0 radical (unpaired) electrons. The van der Waals surface area contributed by atoms with Crippen LogP contribution in [0.5, 0.6) is 5.75 Å². The zero-order valence-corrected chi connectivity index (χ0v) is 17.6. The standard InChI is InChI=1S/C21H25BrN2O2/c1-6-24(5)13-23-19-11-15(3)17(10-16(19)4)20(25)12-26-21-9-14(2)7-8-18(21)22/h7-11,13H,6,12H2,1-5H3. The molecule has 0 atom stereocenters. The molecule has 5 heteroatoms. The van der Waals surface area contributed by atoms with E-state index in [4.69, 9.17) is 4.74 Å². The van der Waals surface area contributed by atoms with Crippen LogP contribution in [0.1, 0.15) is 34.0 Å². The largest absolute Gasteiger partial charge is 0.484 e. The highest BCUT2D eigenvalue weighted by molar-refractivity contribution is 9.10. The molecule has 2 aromatic rings. The normalized spacial score (nSPS) is 11.0. The Balaban J connectivity index is 2.15. The van der Waals surface area contributed by atoms with Gasteiger partial charge in [-0.3, -0.25) is 4.79 Å². The fourth-order valence-electron chi connectivity index (χ4n) is 2.43. The van der Waals surface area contributed by atoms with Crippen LogP contribution in [-0.4, -0.2) is 37.2 Å². The summed E-state index contributed by atoms with van der Waals surface area (Å²) < 4.78 is 6.56. The number of benzene rings is 2. The van der Waals surface area contributed by atoms with E-state index in [0.717, 1.165) is 33.4 Å². The molecule has 0 fully saturated rings. The molecule has 0 aliphatic carbocycles. The summed E-state index contributed by atoms with van der Waals surface area (Å²) in [6, 6.07) is 9.67. The quantitative estimate of drug-likeness (QED) is 0.351. The van der Waals surface area contributed by atoms with E-state index in [9.17, 15) is 4.79 Å². The number of Topliss-reactive ketones (excluding diaryl/α,β-unsaturated/α-hetero) is 1. The summed E-state index contributed by atoms with van der Waals surface area (Å²) >= 11 is 3.45. The van der Waals surface area contributed by atoms with Gasteiger partial charge >= 0.3 is 0 Å². The first-order valence-corrected chi connectivity index (χ1v) is 9.39. The molecule has 0 saturated carbocycles. The van der Waals surface area contributed by atoms with E-state index in [1.165, 1.54) is 0 Å². The van der Waals surface area contributed by atoms with Crippen LogP contribution in [0.15, 0.2) is 39.8 Å². The summed E-state index contributed by atoms with van der Waals surface area (Å²) in [5.74, 6) is 0.636. The second-order valence-corrected chi connectivity index (χ2v) is 7.27. The number of carbonyl (C=O) groups is 1. The van der Waals surface area contributed by atoms with Gasteiger partial charge in [0, 0.05) is 19.2 Å². The summed E-state index contributed by atoms with van der Waals surface area (Å²) in [6.07, 6.45) is 1.81. The zero-order valence-electron chi connectivity index (χ0n) is 16.0. The van der Waals surface area contributed by atoms with Crippen LogP contribution in [-0.2, 0) is 0 Å². The Bertz CT molecular complexity index is 831. The number of aliphatic imine (C=N–C) groups is 1. The van der Waals surface area contributed by atoms with Crippen molar-refractivity contribution in [2.24, 2.45) is 4.99 Å². The smallest absolute Gasteiger partial charge is 0.200 e. The van der Waals surface area contributed by atoms with E-state index in [2.05, 4.69) is 27.8 Å². The number of rotatable bonds is 7. The van der Waals surface area contributed by atoms with Crippen LogP contribution in [0.3, 0.4) is 0 Å². The second kappa shape index (κ2) is 8.99. The van der Waals surface area contributed by atoms with Crippen molar-refractivity contribution in [3.05, 3.63) is 57.1 Å². The molecular weight excluding hydrogens is 392 g/mol. The number of nitrogens with zero attached hydrogens (tertiary/aromatic N) is 2. The van der Waals surface area contributed by atoms with Crippen LogP contribution in [0.4, 0.5) is 5.69 Å². The van der Waals surface area contributed by atoms with Gasteiger partial charge in [0.1, 0.15) is 5.75 Å². The van der Waals surface area contributed by atoms with E-state index in [1.807, 2.05) is 69.4 Å². The van der Waals surface area contributed by atoms with Gasteiger partial charge in [-0.25, -0.2) is 4.99 Å². The highest BCUT2D eigenvalue weighted by Gasteiger charge is 2.13. The molecule has 0 aliphatic heterocycles. The predicted molar refractivity (Wildman–Crippen MR) is 111 cm³/mol. The van der Waals surface area contributed by atoms with Crippen molar-refractivity contribution in [2.45, 2.75) is 27.7 Å². The van der Waals surface area contributed by atoms with Crippen LogP contribution >= 0.6 is 15.9 Å². The number of ether oxygens (including phenoxy) is 1. The average molecular weight is 417 g/mol. The minimum atomic E-state index is -0.0415. The maximum Gasteiger partial charge on any atom is 0.200 e. The third kappa shape index (κ3) is 5.18. The topological polar surface area (TPSA) is 41.9 Å². The summed E-state index contributed by atoms with van der Waals surface area (Å²) in [5, 5.41) is 0. The van der Waals surface area contributed by atoms with Crippen molar-refractivity contribution in [1.82, 2.24) is 4.90 Å². The number of aryl methyl sites for hydroxylation is 3. The van der Waals surface area contributed by atoms with Crippen molar-refractivity contribution >= 4 is 33.7 Å². The molecule has 0 aliphatic rings. The van der Waals surface area contributed by atoms with E-state index >= 15 is 0 Å². The molecular formula is C21H25BrN2O2. The van der Waals surface area contributed by atoms with Crippen molar-refractivity contribution in [1.29, 1.82) is 0 Å². The summed E-state index contributed by atoms with van der Waals surface area (Å²) in [7, 11) is 1.98. The summed E-state index contributed by atoms with van der Waals surface area (Å²) in [5.41, 5.74) is 4.51. The average Bonchev–Trinajstić information content (AvgIpc) is 2.62. The number of carbonyl (C=O) groups excluding carboxylic acids is 1. The third-order valence-electron chi connectivity index (χ3n) is 4.18. The molecule has 0 heterocycles. The van der Waals surface area contributed by atoms with E-state index < -0.39 is 0 Å². The van der Waals surface area contributed by atoms with Crippen molar-refractivity contribution in [3.63, 3.8) is 0 Å². The Hall–Kier alpha value is -2.14. The van der Waals surface area contributed by atoms with Crippen LogP contribution in [0.25, 0.3) is 0 Å². The van der Waals surface area contributed by atoms with Gasteiger partial charge in [0.25, 0.3) is 0 Å². The van der Waals surface area contributed by atoms with Gasteiger partial charge in [-0.05, 0) is 84.6 Å². The minimum Gasteiger partial charge on any atom is -0.484 e. The Morgan fingerprint density at radius 2 is 1.92 bits per heavy atom. The molecule has 0 aromatic heterocycles. The third-order valence-corrected chi connectivity index (χ3v) is 4.84. The lowest BCUT2D eigenvalue weighted by atomic mass is 10.0. The van der Waals surface area contributed by atoms with Crippen LogP contribution in [0, 0.1) is 20.8 Å². The van der Waals surface area contributed by atoms with Gasteiger partial charge in [0.05, 0.1) is 16.5 Å². The molecule has 4 nitrogen and oxygen atoms in total. The monoisotopic (exact) mass is 416 g/mol. The van der Waals surface area contributed by atoms with Crippen molar-refractivity contribution in [2.75, 3.05) is 20.2 Å². The number of hydrogen-bond acceptors (Lipinski definition) is 3. The molecule has 0 amide bonds. The van der Waals surface area contributed by atoms with Gasteiger partial charge in [0.2, 0.25) is 0 Å². The summed E-state index contributed by atoms with van der Waals surface area (Å²) in [4.78, 5) is 19.1. The van der Waals surface area contributed by atoms with E-state index in [1.54, 1.807) is 0 Å². The molecule has 138 valence electrons. The van der Waals surface area contributed by atoms with E-state index in [-0.39, 0.29) is 12.4 Å². The molecule has 0 bridgehead atoms. The number of ketones is 1. The first-order chi connectivity index (χ1) is 12.3. The lowest BCUT2D eigenvalue weighted by Crippen LogP contribution is -2.14. The minimum absolute atomic E-state index is 0.00349. The highest BCUT2D eigenvalue weighted by Crippen LogP contribution is 2.27. The zero-order chi connectivity index (χ0) is 19.3. The SMILES string of the molecule is CCN(C)C=Nc1cc(C)c(C(=O)COc2cc(C)ccc2Br)cc1C. The van der Waals surface area contributed by atoms with Gasteiger partial charge in [-0.2, -0.15) is 0 Å². The Kier molecular flexibility index (Phi) is 6.98. The van der Waals surface area contributed by atoms with Crippen molar-refractivity contribution < 1.29 is 9.53 Å². The van der Waals surface area contributed by atoms with Gasteiger partial charge in [0.15, 0.2) is 12.4 Å². The van der Waals surface area contributed by atoms with E-state index in [0.29, 0.717) is 11.3 Å². The Morgan fingerprint density at radius 1 is 1.19 bits per heavy atom. The fraction of sp³-hybridized carbons (Fsp3) is 0.333. The fourth-order valence-corrected chi connectivity index (χ4v) is 2.79.